The number of nitrogens with one attached hydrogen (secondary N) is 1. The predicted octanol–water partition coefficient (Wildman–Crippen LogP) is 2.89. The van der Waals surface area contributed by atoms with E-state index in [9.17, 15) is 4.79 Å². The number of rotatable bonds is 2. The molecule has 1 heterocycles. The fourth-order valence-corrected chi connectivity index (χ4v) is 3.12. The van der Waals surface area contributed by atoms with Gasteiger partial charge in [-0.3, -0.25) is 4.79 Å². The molecular formula is C14H15NOS. The van der Waals surface area contributed by atoms with Crippen molar-refractivity contribution in [2.45, 2.75) is 24.5 Å². The van der Waals surface area contributed by atoms with Crippen molar-refractivity contribution in [3.8, 4) is 12.3 Å². The molecule has 1 aliphatic rings. The van der Waals surface area contributed by atoms with Gasteiger partial charge in [0, 0.05) is 11.3 Å². The van der Waals surface area contributed by atoms with E-state index in [0.29, 0.717) is 0 Å². The van der Waals surface area contributed by atoms with Crippen LogP contribution in [0.25, 0.3) is 0 Å². The molecule has 1 amide bonds. The van der Waals surface area contributed by atoms with Gasteiger partial charge in [-0.15, -0.1) is 18.2 Å². The molecule has 0 aliphatic carbocycles. The minimum atomic E-state index is -0.286. The molecule has 1 atom stereocenters. The summed E-state index contributed by atoms with van der Waals surface area (Å²) in [5.74, 6) is 3.70. The summed E-state index contributed by atoms with van der Waals surface area (Å²) in [6.45, 7) is 2.00. The zero-order valence-electron chi connectivity index (χ0n) is 9.82. The molecule has 1 N–H and O–H groups in total. The number of amides is 1. The van der Waals surface area contributed by atoms with Crippen molar-refractivity contribution in [3.05, 3.63) is 29.8 Å². The van der Waals surface area contributed by atoms with E-state index in [0.717, 1.165) is 29.8 Å². The lowest BCUT2D eigenvalue weighted by atomic mass is 10.0. The van der Waals surface area contributed by atoms with Crippen molar-refractivity contribution >= 4 is 23.4 Å². The molecule has 88 valence electrons. The number of benzene rings is 1. The molecule has 1 aromatic carbocycles. The van der Waals surface area contributed by atoms with Crippen LogP contribution < -0.4 is 5.32 Å². The van der Waals surface area contributed by atoms with Gasteiger partial charge in [0.1, 0.15) is 0 Å². The van der Waals surface area contributed by atoms with Crippen LogP contribution in [-0.2, 0) is 4.79 Å². The average molecular weight is 245 g/mol. The second-order valence-corrected chi connectivity index (χ2v) is 5.96. The number of hydrogen-bond donors (Lipinski definition) is 1. The Balaban J connectivity index is 2.10. The molecule has 0 saturated carbocycles. The fourth-order valence-electron chi connectivity index (χ4n) is 1.91. The van der Waals surface area contributed by atoms with E-state index in [-0.39, 0.29) is 10.7 Å². The van der Waals surface area contributed by atoms with Gasteiger partial charge in [0.15, 0.2) is 0 Å². The van der Waals surface area contributed by atoms with Crippen molar-refractivity contribution in [1.29, 1.82) is 0 Å². The summed E-state index contributed by atoms with van der Waals surface area (Å²) < 4.78 is -0.286. The second-order valence-electron chi connectivity index (χ2n) is 4.36. The van der Waals surface area contributed by atoms with Gasteiger partial charge in [0.05, 0.1) is 4.75 Å². The Labute approximate surface area is 106 Å². The molecule has 0 bridgehead atoms. The molecule has 1 saturated heterocycles. The van der Waals surface area contributed by atoms with Gasteiger partial charge in [-0.1, -0.05) is 12.0 Å². The maximum absolute atomic E-state index is 12.2. The van der Waals surface area contributed by atoms with Crippen LogP contribution in [0.2, 0.25) is 0 Å². The zero-order valence-corrected chi connectivity index (χ0v) is 10.6. The van der Waals surface area contributed by atoms with Crippen molar-refractivity contribution in [2.24, 2.45) is 0 Å². The summed E-state index contributed by atoms with van der Waals surface area (Å²) >= 11 is 1.73. The van der Waals surface area contributed by atoms with Crippen LogP contribution >= 0.6 is 11.8 Å². The van der Waals surface area contributed by atoms with E-state index in [1.54, 1.807) is 11.8 Å². The second kappa shape index (κ2) is 4.85. The first kappa shape index (κ1) is 12.1. The Morgan fingerprint density at radius 2 is 2.41 bits per heavy atom. The van der Waals surface area contributed by atoms with Crippen molar-refractivity contribution in [3.63, 3.8) is 0 Å². The number of anilines is 1. The Bertz CT molecular complexity index is 469. The molecule has 1 aromatic rings. The van der Waals surface area contributed by atoms with Crippen LogP contribution in [0.4, 0.5) is 5.69 Å². The number of thioether (sulfide) groups is 1. The summed E-state index contributed by atoms with van der Waals surface area (Å²) in [5, 5.41) is 2.94. The highest BCUT2D eigenvalue weighted by atomic mass is 32.2. The van der Waals surface area contributed by atoms with E-state index >= 15 is 0 Å². The van der Waals surface area contributed by atoms with Crippen LogP contribution in [0.15, 0.2) is 24.3 Å². The molecule has 1 unspecified atom stereocenters. The molecule has 1 fully saturated rings. The smallest absolute Gasteiger partial charge is 0.240 e. The Morgan fingerprint density at radius 1 is 1.59 bits per heavy atom. The van der Waals surface area contributed by atoms with Crippen molar-refractivity contribution < 1.29 is 4.79 Å². The molecule has 1 aliphatic heterocycles. The highest BCUT2D eigenvalue weighted by Crippen LogP contribution is 2.38. The standard InChI is InChI=1S/C14H15NOS/c1-3-11-6-4-7-12(10-11)15-13(16)14(2)8-5-9-17-14/h1,4,6-7,10H,5,8-9H2,2H3,(H,15,16). The van der Waals surface area contributed by atoms with Gasteiger partial charge in [-0.25, -0.2) is 0 Å². The summed E-state index contributed by atoms with van der Waals surface area (Å²) in [5.41, 5.74) is 1.56. The lowest BCUT2D eigenvalue weighted by Crippen LogP contribution is -2.34. The summed E-state index contributed by atoms with van der Waals surface area (Å²) in [6.07, 6.45) is 7.38. The molecule has 0 radical (unpaired) electrons. The number of carbonyl (C=O) groups is 1. The Hall–Kier alpha value is -1.40. The molecule has 0 aromatic heterocycles. The Kier molecular flexibility index (Phi) is 3.44. The summed E-state index contributed by atoms with van der Waals surface area (Å²) in [6, 6.07) is 7.39. The average Bonchev–Trinajstić information content (AvgIpc) is 2.78. The lowest BCUT2D eigenvalue weighted by molar-refractivity contribution is -0.118. The minimum Gasteiger partial charge on any atom is -0.325 e. The first-order valence-corrected chi connectivity index (χ1v) is 6.65. The van der Waals surface area contributed by atoms with Gasteiger partial charge >= 0.3 is 0 Å². The number of terminal acetylenes is 1. The summed E-state index contributed by atoms with van der Waals surface area (Å²) in [4.78, 5) is 12.2. The van der Waals surface area contributed by atoms with Crippen molar-refractivity contribution in [2.75, 3.05) is 11.1 Å². The number of carbonyl (C=O) groups excluding carboxylic acids is 1. The molecule has 0 spiro atoms. The Morgan fingerprint density at radius 3 is 3.06 bits per heavy atom. The van der Waals surface area contributed by atoms with Gasteiger partial charge in [0.25, 0.3) is 0 Å². The summed E-state index contributed by atoms with van der Waals surface area (Å²) in [7, 11) is 0. The lowest BCUT2D eigenvalue weighted by Gasteiger charge is -2.21. The maximum Gasteiger partial charge on any atom is 0.240 e. The first-order valence-electron chi connectivity index (χ1n) is 5.66. The van der Waals surface area contributed by atoms with E-state index in [1.165, 1.54) is 0 Å². The first-order chi connectivity index (χ1) is 8.14. The SMILES string of the molecule is C#Cc1cccc(NC(=O)C2(C)CCCS2)c1. The predicted molar refractivity (Wildman–Crippen MR) is 73.1 cm³/mol. The third-order valence-electron chi connectivity index (χ3n) is 2.99. The van der Waals surface area contributed by atoms with Crippen LogP contribution in [0, 0.1) is 12.3 Å². The van der Waals surface area contributed by atoms with E-state index in [2.05, 4.69) is 11.2 Å². The molecular weight excluding hydrogens is 230 g/mol. The maximum atomic E-state index is 12.2. The normalized spacial score (nSPS) is 23.1. The van der Waals surface area contributed by atoms with Crippen LogP contribution in [0.3, 0.4) is 0 Å². The highest BCUT2D eigenvalue weighted by Gasteiger charge is 2.37. The monoisotopic (exact) mass is 245 g/mol. The third-order valence-corrected chi connectivity index (χ3v) is 4.51. The minimum absolute atomic E-state index is 0.0779. The van der Waals surface area contributed by atoms with E-state index in [4.69, 9.17) is 6.42 Å². The van der Waals surface area contributed by atoms with E-state index < -0.39 is 0 Å². The quantitative estimate of drug-likeness (QED) is 0.812. The topological polar surface area (TPSA) is 29.1 Å². The zero-order chi connectivity index (χ0) is 12.3. The van der Waals surface area contributed by atoms with Crippen molar-refractivity contribution in [1.82, 2.24) is 0 Å². The largest absolute Gasteiger partial charge is 0.325 e. The van der Waals surface area contributed by atoms with Gasteiger partial charge in [-0.05, 0) is 43.7 Å². The fraction of sp³-hybridized carbons (Fsp3) is 0.357. The van der Waals surface area contributed by atoms with Crippen LogP contribution in [0.5, 0.6) is 0 Å². The van der Waals surface area contributed by atoms with Crippen LogP contribution in [0.1, 0.15) is 25.3 Å². The van der Waals surface area contributed by atoms with Gasteiger partial charge in [0.2, 0.25) is 5.91 Å². The molecule has 2 rings (SSSR count). The number of hydrogen-bond acceptors (Lipinski definition) is 2. The van der Waals surface area contributed by atoms with Crippen LogP contribution in [-0.4, -0.2) is 16.4 Å². The van der Waals surface area contributed by atoms with Gasteiger partial charge < -0.3 is 5.32 Å². The highest BCUT2D eigenvalue weighted by molar-refractivity contribution is 8.01. The third kappa shape index (κ3) is 2.65. The molecule has 17 heavy (non-hydrogen) atoms. The molecule has 2 nitrogen and oxygen atoms in total. The molecule has 3 heteroatoms. The van der Waals surface area contributed by atoms with E-state index in [1.807, 2.05) is 31.2 Å². The van der Waals surface area contributed by atoms with Gasteiger partial charge in [-0.2, -0.15) is 0 Å².